The molecule has 0 aliphatic heterocycles. The summed E-state index contributed by atoms with van der Waals surface area (Å²) in [6.07, 6.45) is 3.37. The van der Waals surface area contributed by atoms with E-state index in [4.69, 9.17) is 11.6 Å². The molecule has 3 aromatic heterocycles. The molecule has 0 unspecified atom stereocenters. The Bertz CT molecular complexity index is 1650. The van der Waals surface area contributed by atoms with Crippen LogP contribution in [-0.2, 0) is 11.8 Å². The van der Waals surface area contributed by atoms with Gasteiger partial charge in [0, 0.05) is 35.7 Å². The molecule has 0 aliphatic rings. The van der Waals surface area contributed by atoms with Gasteiger partial charge in [-0.3, -0.25) is 23.8 Å². The Hall–Kier alpha value is -4.15. The monoisotopic (exact) mass is 545 g/mol. The molecule has 1 amide bonds. The number of benzene rings is 2. The molecular weight excluding hydrogens is 522 g/mol. The quantitative estimate of drug-likeness (QED) is 0.292. The van der Waals surface area contributed by atoms with Gasteiger partial charge in [-0.2, -0.15) is 0 Å². The molecule has 0 saturated heterocycles. The molecule has 38 heavy (non-hydrogen) atoms. The number of nitrogens with one attached hydrogen (secondary N) is 1. The maximum Gasteiger partial charge on any atom is 0.295 e. The summed E-state index contributed by atoms with van der Waals surface area (Å²) in [4.78, 5) is 30.6. The fourth-order valence-corrected chi connectivity index (χ4v) is 5.00. The summed E-state index contributed by atoms with van der Waals surface area (Å²) in [6.45, 7) is 3.56. The minimum Gasteiger partial charge on any atom is -0.319 e. The van der Waals surface area contributed by atoms with Gasteiger partial charge in [0.25, 0.3) is 5.56 Å². The van der Waals surface area contributed by atoms with E-state index < -0.39 is 5.25 Å². The minimum atomic E-state index is -0.584. The summed E-state index contributed by atoms with van der Waals surface area (Å²) >= 11 is 7.36. The highest BCUT2D eigenvalue weighted by Crippen LogP contribution is 2.31. The Labute approximate surface area is 228 Å². The van der Waals surface area contributed by atoms with Gasteiger partial charge >= 0.3 is 0 Å². The lowest BCUT2D eigenvalue weighted by atomic mass is 10.2. The Kier molecular flexibility index (Phi) is 7.17. The second-order valence-corrected chi connectivity index (χ2v) is 10.3. The lowest BCUT2D eigenvalue weighted by molar-refractivity contribution is -0.115. The van der Waals surface area contributed by atoms with Crippen molar-refractivity contribution < 1.29 is 4.79 Å². The fraction of sp³-hybridized carbons (Fsp3) is 0.148. The third kappa shape index (κ3) is 4.88. The van der Waals surface area contributed by atoms with Crippen LogP contribution >= 0.6 is 23.4 Å². The van der Waals surface area contributed by atoms with Crippen molar-refractivity contribution in [3.63, 3.8) is 0 Å². The number of carbonyl (C=O) groups excluding carboxylic acids is 1. The van der Waals surface area contributed by atoms with Crippen molar-refractivity contribution in [2.45, 2.75) is 24.3 Å². The summed E-state index contributed by atoms with van der Waals surface area (Å²) in [5, 5.41) is 12.2. The first-order valence-electron chi connectivity index (χ1n) is 11.8. The van der Waals surface area contributed by atoms with Gasteiger partial charge < -0.3 is 5.32 Å². The molecule has 3 heterocycles. The van der Waals surface area contributed by atoms with Gasteiger partial charge in [-0.15, -0.1) is 10.2 Å². The van der Waals surface area contributed by atoms with Crippen molar-refractivity contribution in [3.8, 4) is 22.8 Å². The average Bonchev–Trinajstić information content (AvgIpc) is 3.44. The zero-order chi connectivity index (χ0) is 26.8. The predicted octanol–water partition coefficient (Wildman–Crippen LogP) is 4.90. The number of amides is 1. The number of nitrogens with zero attached hydrogens (tertiary/aromatic N) is 6. The van der Waals surface area contributed by atoms with Crippen LogP contribution in [0.2, 0.25) is 5.02 Å². The molecule has 0 spiro atoms. The van der Waals surface area contributed by atoms with Gasteiger partial charge in [0.05, 0.1) is 16.6 Å². The third-order valence-electron chi connectivity index (χ3n) is 6.11. The summed E-state index contributed by atoms with van der Waals surface area (Å²) in [5.41, 5.74) is 2.93. The van der Waals surface area contributed by atoms with Crippen LogP contribution in [0.4, 0.5) is 5.69 Å². The predicted molar refractivity (Wildman–Crippen MR) is 149 cm³/mol. The van der Waals surface area contributed by atoms with Crippen LogP contribution in [-0.4, -0.2) is 40.3 Å². The summed E-state index contributed by atoms with van der Waals surface area (Å²) in [6, 6.07) is 20.3. The van der Waals surface area contributed by atoms with Crippen molar-refractivity contribution in [2.24, 2.45) is 7.05 Å². The molecule has 1 atom stereocenters. The van der Waals surface area contributed by atoms with Crippen LogP contribution < -0.4 is 10.9 Å². The molecule has 1 N–H and O–H groups in total. The molecule has 5 rings (SSSR count). The summed E-state index contributed by atoms with van der Waals surface area (Å²) in [7, 11) is 1.78. The van der Waals surface area contributed by atoms with E-state index in [0.29, 0.717) is 27.4 Å². The van der Waals surface area contributed by atoms with E-state index in [2.05, 4.69) is 20.5 Å². The standard InChI is InChI=1S/C27H24ClN7O2S/c1-17-23(26(37)35(33(17)3)22-7-5-4-6-8-22)30-25(36)18(2)38-27-32-31-24(19-13-15-29-16-14-19)34(27)21-11-9-20(28)10-12-21/h4-16,18H,1-3H3,(H,30,36)/t18-/m1/s1. The maximum absolute atomic E-state index is 13.3. The average molecular weight is 546 g/mol. The molecule has 0 radical (unpaired) electrons. The number of hydrogen-bond acceptors (Lipinski definition) is 6. The number of rotatable bonds is 7. The zero-order valence-corrected chi connectivity index (χ0v) is 22.4. The number of pyridine rings is 1. The topological polar surface area (TPSA) is 99.6 Å². The normalized spacial score (nSPS) is 11.9. The Balaban J connectivity index is 1.44. The van der Waals surface area contributed by atoms with E-state index in [9.17, 15) is 9.59 Å². The van der Waals surface area contributed by atoms with Crippen molar-refractivity contribution in [3.05, 3.63) is 100 Å². The lowest BCUT2D eigenvalue weighted by Gasteiger charge is -2.14. The largest absolute Gasteiger partial charge is 0.319 e. The summed E-state index contributed by atoms with van der Waals surface area (Å²) < 4.78 is 5.13. The second kappa shape index (κ2) is 10.7. The lowest BCUT2D eigenvalue weighted by Crippen LogP contribution is -2.27. The number of thioether (sulfide) groups is 1. The van der Waals surface area contributed by atoms with Gasteiger partial charge in [-0.1, -0.05) is 41.6 Å². The molecule has 5 aromatic rings. The van der Waals surface area contributed by atoms with Gasteiger partial charge in [0.1, 0.15) is 5.69 Å². The Morgan fingerprint density at radius 2 is 1.66 bits per heavy atom. The van der Waals surface area contributed by atoms with Crippen LogP contribution in [0.3, 0.4) is 0 Å². The van der Waals surface area contributed by atoms with Crippen molar-refractivity contribution in [1.29, 1.82) is 0 Å². The van der Waals surface area contributed by atoms with Crippen LogP contribution in [0.15, 0.2) is 89.1 Å². The highest BCUT2D eigenvalue weighted by Gasteiger charge is 2.25. The van der Waals surface area contributed by atoms with Crippen LogP contribution in [0.25, 0.3) is 22.8 Å². The smallest absolute Gasteiger partial charge is 0.295 e. The highest BCUT2D eigenvalue weighted by atomic mass is 35.5. The molecular formula is C27H24ClN7O2S. The van der Waals surface area contributed by atoms with E-state index in [-0.39, 0.29) is 17.2 Å². The van der Waals surface area contributed by atoms with Crippen LogP contribution in [0.1, 0.15) is 12.6 Å². The summed E-state index contributed by atoms with van der Waals surface area (Å²) in [5.74, 6) is 0.284. The van der Waals surface area contributed by atoms with E-state index in [1.807, 2.05) is 59.2 Å². The van der Waals surface area contributed by atoms with Crippen molar-refractivity contribution in [1.82, 2.24) is 29.1 Å². The van der Waals surface area contributed by atoms with Gasteiger partial charge in [0.2, 0.25) is 5.91 Å². The SMILES string of the molecule is Cc1c(NC(=O)[C@@H](C)Sc2nnc(-c3ccncc3)n2-c2ccc(Cl)cc2)c(=O)n(-c2ccccc2)n1C. The maximum atomic E-state index is 13.3. The molecule has 2 aromatic carbocycles. The molecule has 0 bridgehead atoms. The van der Waals surface area contributed by atoms with E-state index in [0.717, 1.165) is 11.3 Å². The third-order valence-corrected chi connectivity index (χ3v) is 7.41. The first-order valence-corrected chi connectivity index (χ1v) is 13.0. The molecule has 0 aliphatic carbocycles. The second-order valence-electron chi connectivity index (χ2n) is 8.54. The Morgan fingerprint density at radius 3 is 2.34 bits per heavy atom. The van der Waals surface area contributed by atoms with Crippen LogP contribution in [0, 0.1) is 6.92 Å². The number of hydrogen-bond donors (Lipinski definition) is 1. The van der Waals surface area contributed by atoms with Gasteiger partial charge in [0.15, 0.2) is 11.0 Å². The molecule has 11 heteroatoms. The zero-order valence-electron chi connectivity index (χ0n) is 20.9. The van der Waals surface area contributed by atoms with E-state index in [1.165, 1.54) is 16.4 Å². The van der Waals surface area contributed by atoms with Crippen molar-refractivity contribution >= 4 is 35.0 Å². The molecule has 0 saturated carbocycles. The number of anilines is 1. The van der Waals surface area contributed by atoms with Gasteiger partial charge in [-0.25, -0.2) is 4.68 Å². The number of carbonyl (C=O) groups is 1. The fourth-order valence-electron chi connectivity index (χ4n) is 4.01. The molecule has 0 fully saturated rings. The molecule has 9 nitrogen and oxygen atoms in total. The van der Waals surface area contributed by atoms with Gasteiger partial charge in [-0.05, 0) is 62.4 Å². The minimum absolute atomic E-state index is 0.241. The van der Waals surface area contributed by atoms with Crippen molar-refractivity contribution in [2.75, 3.05) is 5.32 Å². The first-order chi connectivity index (χ1) is 18.3. The Morgan fingerprint density at radius 1 is 0.974 bits per heavy atom. The van der Waals surface area contributed by atoms with E-state index >= 15 is 0 Å². The van der Waals surface area contributed by atoms with Crippen LogP contribution in [0.5, 0.6) is 0 Å². The number of halogens is 1. The first kappa shape index (κ1) is 25.5. The van der Waals surface area contributed by atoms with E-state index in [1.54, 1.807) is 50.1 Å². The highest BCUT2D eigenvalue weighted by molar-refractivity contribution is 8.00. The number of aromatic nitrogens is 6. The number of para-hydroxylation sites is 1. The molecule has 192 valence electrons.